The maximum Gasteiger partial charge on any atom is 0.336 e. The highest BCUT2D eigenvalue weighted by Gasteiger charge is 2.44. The standard InChI is InChI=1S/C27H25N3O9/c1-16-23(27(32)37-11-10-36-21-8-3-4-9-22(21)39-15-19-14-38-19)24(17-6-5-7-18(12-17)30(33)34)25(26(31)35-2)20(13-28)29-16/h3-9,12,19,24-25H,10-11,14-15H2,1-2H3. The number of allylic oxidation sites excluding steroid dienone is 1. The van der Waals surface area contributed by atoms with Gasteiger partial charge in [-0.1, -0.05) is 24.3 Å². The van der Waals surface area contributed by atoms with Crippen LogP contribution >= 0.6 is 0 Å². The Kier molecular flexibility index (Phi) is 8.53. The molecule has 3 unspecified atom stereocenters. The zero-order valence-corrected chi connectivity index (χ0v) is 21.2. The van der Waals surface area contributed by atoms with Gasteiger partial charge in [-0.15, -0.1) is 0 Å². The number of hydrogen-bond donors (Lipinski definition) is 0. The summed E-state index contributed by atoms with van der Waals surface area (Å²) in [7, 11) is 1.14. The average Bonchev–Trinajstić information content (AvgIpc) is 3.78. The number of para-hydroxylation sites is 2. The fourth-order valence-electron chi connectivity index (χ4n) is 4.19. The molecule has 2 aromatic carbocycles. The third kappa shape index (κ3) is 6.39. The van der Waals surface area contributed by atoms with E-state index < -0.39 is 28.7 Å². The molecule has 0 bridgehead atoms. The molecule has 0 amide bonds. The van der Waals surface area contributed by atoms with Crippen molar-refractivity contribution in [3.8, 4) is 17.6 Å². The maximum atomic E-state index is 13.3. The van der Waals surface area contributed by atoms with Gasteiger partial charge in [0.25, 0.3) is 5.69 Å². The number of methoxy groups -OCH3 is 1. The summed E-state index contributed by atoms with van der Waals surface area (Å²) in [6, 6.07) is 14.4. The van der Waals surface area contributed by atoms with E-state index in [1.54, 1.807) is 24.3 Å². The molecule has 2 aromatic rings. The molecule has 4 rings (SSSR count). The summed E-state index contributed by atoms with van der Waals surface area (Å²) in [5.74, 6) is -3.04. The molecule has 0 saturated carbocycles. The van der Waals surface area contributed by atoms with Crippen molar-refractivity contribution in [2.75, 3.05) is 33.5 Å². The summed E-state index contributed by atoms with van der Waals surface area (Å²) in [4.78, 5) is 41.0. The molecule has 2 aliphatic heterocycles. The van der Waals surface area contributed by atoms with Crippen LogP contribution in [0, 0.1) is 27.4 Å². The van der Waals surface area contributed by atoms with Gasteiger partial charge in [-0.3, -0.25) is 14.9 Å². The SMILES string of the molecule is COC(=O)C1C(C#N)=NC(C)=C(C(=O)OCCOc2ccccc2OCC2CO2)C1c1cccc([N+](=O)[O-])c1. The average molecular weight is 536 g/mol. The summed E-state index contributed by atoms with van der Waals surface area (Å²) < 4.78 is 26.9. The summed E-state index contributed by atoms with van der Waals surface area (Å²) in [6.07, 6.45) is 0.0723. The maximum absolute atomic E-state index is 13.3. The number of ether oxygens (including phenoxy) is 5. The van der Waals surface area contributed by atoms with Crippen molar-refractivity contribution in [1.82, 2.24) is 0 Å². The van der Waals surface area contributed by atoms with Crippen molar-refractivity contribution in [3.63, 3.8) is 0 Å². The van der Waals surface area contributed by atoms with Gasteiger partial charge in [0.2, 0.25) is 0 Å². The fraction of sp³-hybridized carbons (Fsp3) is 0.333. The molecule has 2 heterocycles. The Bertz CT molecular complexity index is 1370. The number of benzene rings is 2. The summed E-state index contributed by atoms with van der Waals surface area (Å²) >= 11 is 0. The predicted octanol–water partition coefficient (Wildman–Crippen LogP) is 3.12. The minimum atomic E-state index is -1.30. The zero-order valence-electron chi connectivity index (χ0n) is 21.2. The predicted molar refractivity (Wildman–Crippen MR) is 135 cm³/mol. The van der Waals surface area contributed by atoms with E-state index >= 15 is 0 Å². The normalized spacial score (nSPS) is 19.8. The van der Waals surface area contributed by atoms with Crippen molar-refractivity contribution in [2.24, 2.45) is 10.9 Å². The number of nitro benzene ring substituents is 1. The third-order valence-electron chi connectivity index (χ3n) is 6.10. The Morgan fingerprint density at radius 1 is 1.15 bits per heavy atom. The lowest BCUT2D eigenvalue weighted by Crippen LogP contribution is -2.37. The topological polar surface area (TPSA) is 163 Å². The van der Waals surface area contributed by atoms with Gasteiger partial charge in [0, 0.05) is 23.7 Å². The number of hydrogen-bond acceptors (Lipinski definition) is 11. The summed E-state index contributed by atoms with van der Waals surface area (Å²) in [6.45, 7) is 2.39. The van der Waals surface area contributed by atoms with Crippen LogP contribution in [0.1, 0.15) is 18.4 Å². The van der Waals surface area contributed by atoms with E-state index in [0.717, 1.165) is 7.11 Å². The van der Waals surface area contributed by atoms with Gasteiger partial charge >= 0.3 is 11.9 Å². The molecule has 0 aliphatic carbocycles. The van der Waals surface area contributed by atoms with Crippen LogP contribution in [0.2, 0.25) is 0 Å². The molecule has 12 nitrogen and oxygen atoms in total. The molecular weight excluding hydrogens is 510 g/mol. The number of carbonyl (C=O) groups is 2. The zero-order chi connectivity index (χ0) is 27.9. The molecule has 2 aliphatic rings. The van der Waals surface area contributed by atoms with Crippen LogP contribution in [0.5, 0.6) is 11.5 Å². The lowest BCUT2D eigenvalue weighted by Gasteiger charge is -2.30. The second kappa shape index (κ2) is 12.2. The van der Waals surface area contributed by atoms with Gasteiger partial charge in [-0.05, 0) is 24.6 Å². The Morgan fingerprint density at radius 3 is 2.51 bits per heavy atom. The number of rotatable bonds is 11. The van der Waals surface area contributed by atoms with Crippen LogP contribution in [-0.4, -0.2) is 62.2 Å². The Labute approximate surface area is 223 Å². The quantitative estimate of drug-likeness (QED) is 0.137. The molecular formula is C27H25N3O9. The van der Waals surface area contributed by atoms with Crippen molar-refractivity contribution in [3.05, 3.63) is 75.5 Å². The van der Waals surface area contributed by atoms with Gasteiger partial charge in [0.1, 0.15) is 43.6 Å². The molecule has 0 radical (unpaired) electrons. The molecule has 202 valence electrons. The van der Waals surface area contributed by atoms with E-state index in [4.69, 9.17) is 23.7 Å². The highest BCUT2D eigenvalue weighted by atomic mass is 16.6. The molecule has 0 N–H and O–H groups in total. The first-order chi connectivity index (χ1) is 18.8. The van der Waals surface area contributed by atoms with Crippen molar-refractivity contribution < 1.29 is 38.2 Å². The molecule has 39 heavy (non-hydrogen) atoms. The van der Waals surface area contributed by atoms with E-state index in [9.17, 15) is 25.0 Å². The molecule has 1 saturated heterocycles. The molecule has 12 heteroatoms. The van der Waals surface area contributed by atoms with Crippen molar-refractivity contribution in [2.45, 2.75) is 18.9 Å². The summed E-state index contributed by atoms with van der Waals surface area (Å²) in [5.41, 5.74) is -0.0299. The largest absolute Gasteiger partial charge is 0.487 e. The van der Waals surface area contributed by atoms with Gasteiger partial charge in [0.05, 0.1) is 24.2 Å². The first-order valence-electron chi connectivity index (χ1n) is 12.0. The number of carbonyl (C=O) groups excluding carboxylic acids is 2. The van der Waals surface area contributed by atoms with Crippen LogP contribution < -0.4 is 9.47 Å². The van der Waals surface area contributed by atoms with E-state index in [0.29, 0.717) is 24.7 Å². The van der Waals surface area contributed by atoms with Crippen LogP contribution in [0.25, 0.3) is 0 Å². The lowest BCUT2D eigenvalue weighted by atomic mass is 9.75. The number of nitriles is 1. The van der Waals surface area contributed by atoms with Crippen LogP contribution in [0.3, 0.4) is 0 Å². The Hall–Kier alpha value is -4.76. The number of aliphatic imine (C=N–C) groups is 1. The Morgan fingerprint density at radius 2 is 1.87 bits per heavy atom. The van der Waals surface area contributed by atoms with Gasteiger partial charge < -0.3 is 23.7 Å². The molecule has 0 spiro atoms. The number of esters is 2. The van der Waals surface area contributed by atoms with Gasteiger partial charge in [-0.25, -0.2) is 9.79 Å². The first kappa shape index (κ1) is 27.3. The Balaban J connectivity index is 1.54. The second-order valence-electron chi connectivity index (χ2n) is 8.64. The second-order valence-corrected chi connectivity index (χ2v) is 8.64. The molecule has 1 fully saturated rings. The summed E-state index contributed by atoms with van der Waals surface area (Å²) in [5, 5.41) is 21.1. The van der Waals surface area contributed by atoms with Crippen molar-refractivity contribution in [1.29, 1.82) is 5.26 Å². The monoisotopic (exact) mass is 535 g/mol. The highest BCUT2D eigenvalue weighted by Crippen LogP contribution is 2.41. The van der Waals surface area contributed by atoms with E-state index in [1.165, 1.54) is 31.2 Å². The van der Waals surface area contributed by atoms with Crippen LogP contribution in [-0.2, 0) is 23.8 Å². The number of epoxide rings is 1. The minimum absolute atomic E-state index is 0.00696. The van der Waals surface area contributed by atoms with E-state index in [-0.39, 0.29) is 47.6 Å². The highest BCUT2D eigenvalue weighted by molar-refractivity contribution is 6.14. The van der Waals surface area contributed by atoms with Crippen LogP contribution in [0.4, 0.5) is 5.69 Å². The molecule has 3 atom stereocenters. The third-order valence-corrected chi connectivity index (χ3v) is 6.10. The molecule has 0 aromatic heterocycles. The number of non-ortho nitro benzene ring substituents is 1. The fourth-order valence-corrected chi connectivity index (χ4v) is 4.19. The number of nitrogens with zero attached hydrogens (tertiary/aromatic N) is 3. The van der Waals surface area contributed by atoms with Crippen LogP contribution in [0.15, 0.2) is 64.8 Å². The van der Waals surface area contributed by atoms with E-state index in [1.807, 2.05) is 6.07 Å². The smallest absolute Gasteiger partial charge is 0.336 e. The lowest BCUT2D eigenvalue weighted by molar-refractivity contribution is -0.384. The van der Waals surface area contributed by atoms with Gasteiger partial charge in [-0.2, -0.15) is 5.26 Å². The van der Waals surface area contributed by atoms with Crippen molar-refractivity contribution >= 4 is 23.3 Å². The first-order valence-corrected chi connectivity index (χ1v) is 12.0. The van der Waals surface area contributed by atoms with Gasteiger partial charge in [0.15, 0.2) is 11.5 Å². The van der Waals surface area contributed by atoms with E-state index in [2.05, 4.69) is 4.99 Å². The number of nitro groups is 1. The minimum Gasteiger partial charge on any atom is -0.487 e.